The summed E-state index contributed by atoms with van der Waals surface area (Å²) in [6.45, 7) is -1.32. The summed E-state index contributed by atoms with van der Waals surface area (Å²) in [6.07, 6.45) is 0. The van der Waals surface area contributed by atoms with Crippen LogP contribution in [0.2, 0.25) is 5.02 Å². The van der Waals surface area contributed by atoms with Crippen molar-refractivity contribution in [2.24, 2.45) is 0 Å². The van der Waals surface area contributed by atoms with Gasteiger partial charge in [0.15, 0.2) is 11.5 Å². The number of hydrogen-bond donors (Lipinski definition) is 0. The van der Waals surface area contributed by atoms with Crippen molar-refractivity contribution in [3.05, 3.63) is 52.5 Å². The molecule has 128 valence electrons. The molecule has 2 aromatic rings. The number of benzene rings is 2. The highest BCUT2D eigenvalue weighted by Crippen LogP contribution is 2.40. The van der Waals surface area contributed by atoms with E-state index in [0.717, 1.165) is 11.1 Å². The summed E-state index contributed by atoms with van der Waals surface area (Å²) in [5.74, 6) is 1.39. The van der Waals surface area contributed by atoms with Crippen LogP contribution in [0.1, 0.15) is 11.1 Å². The van der Waals surface area contributed by atoms with Crippen molar-refractivity contribution in [2.45, 2.75) is 19.7 Å². The van der Waals surface area contributed by atoms with Gasteiger partial charge in [-0.1, -0.05) is 23.7 Å². The lowest BCUT2D eigenvalue weighted by atomic mass is 10.1. The first-order valence-corrected chi connectivity index (χ1v) is 7.69. The second-order valence-electron chi connectivity index (χ2n) is 5.51. The Morgan fingerprint density at radius 1 is 1.12 bits per heavy atom. The summed E-state index contributed by atoms with van der Waals surface area (Å²) in [5.41, 5.74) is 2.00. The van der Waals surface area contributed by atoms with E-state index >= 15 is 0 Å². The number of alkyl halides is 2. The molecule has 7 heteroatoms. The average molecular weight is 356 g/mol. The Kier molecular flexibility index (Phi) is 5.06. The van der Waals surface area contributed by atoms with Gasteiger partial charge in [-0.15, -0.1) is 0 Å². The molecule has 0 atom stereocenters. The van der Waals surface area contributed by atoms with Crippen LogP contribution in [0.4, 0.5) is 8.78 Å². The van der Waals surface area contributed by atoms with E-state index in [-0.39, 0.29) is 12.5 Å². The standard InChI is InChI=1S/C17H16ClF2NO3/c1-21(8-11-2-4-13(5-3-11)24-17(19)20)9-12-6-14(18)16-15(7-12)22-10-23-16/h2-7,17H,8-10H2,1H3. The topological polar surface area (TPSA) is 30.9 Å². The zero-order chi connectivity index (χ0) is 17.1. The summed E-state index contributed by atoms with van der Waals surface area (Å²) >= 11 is 6.18. The Bertz CT molecular complexity index is 710. The smallest absolute Gasteiger partial charge is 0.387 e. The number of nitrogens with zero attached hydrogens (tertiary/aromatic N) is 1. The molecule has 0 unspecified atom stereocenters. The van der Waals surface area contributed by atoms with Crippen molar-refractivity contribution in [1.29, 1.82) is 0 Å². The zero-order valence-corrected chi connectivity index (χ0v) is 13.7. The Morgan fingerprint density at radius 3 is 2.54 bits per heavy atom. The molecular formula is C17H16ClF2NO3. The molecule has 4 nitrogen and oxygen atoms in total. The van der Waals surface area contributed by atoms with Crippen LogP contribution < -0.4 is 14.2 Å². The highest BCUT2D eigenvalue weighted by atomic mass is 35.5. The Balaban J connectivity index is 1.61. The van der Waals surface area contributed by atoms with Gasteiger partial charge in [-0.05, 0) is 42.4 Å². The van der Waals surface area contributed by atoms with Gasteiger partial charge in [0.05, 0.1) is 5.02 Å². The number of rotatable bonds is 6. The first-order chi connectivity index (χ1) is 11.5. The fourth-order valence-corrected chi connectivity index (χ4v) is 2.86. The van der Waals surface area contributed by atoms with Crippen molar-refractivity contribution >= 4 is 11.6 Å². The normalized spacial score (nSPS) is 12.9. The molecule has 0 saturated carbocycles. The van der Waals surface area contributed by atoms with E-state index in [9.17, 15) is 8.78 Å². The monoisotopic (exact) mass is 355 g/mol. The Labute approximate surface area is 143 Å². The van der Waals surface area contributed by atoms with Crippen LogP contribution in [0, 0.1) is 0 Å². The summed E-state index contributed by atoms with van der Waals surface area (Å²) in [7, 11) is 1.96. The molecule has 0 N–H and O–H groups in total. The summed E-state index contributed by atoms with van der Waals surface area (Å²) in [4.78, 5) is 2.08. The zero-order valence-electron chi connectivity index (χ0n) is 13.0. The predicted octanol–water partition coefficient (Wildman–Crippen LogP) is 4.30. The lowest BCUT2D eigenvalue weighted by molar-refractivity contribution is -0.0498. The third kappa shape index (κ3) is 4.07. The molecule has 1 heterocycles. The molecule has 0 aromatic heterocycles. The van der Waals surface area contributed by atoms with E-state index in [0.29, 0.717) is 29.6 Å². The van der Waals surface area contributed by atoms with Gasteiger partial charge in [-0.25, -0.2) is 0 Å². The van der Waals surface area contributed by atoms with Crippen LogP contribution in [0.15, 0.2) is 36.4 Å². The number of halogens is 3. The van der Waals surface area contributed by atoms with Gasteiger partial charge in [0.1, 0.15) is 5.75 Å². The molecule has 1 aliphatic rings. The highest BCUT2D eigenvalue weighted by molar-refractivity contribution is 6.32. The second kappa shape index (κ2) is 7.23. The molecule has 0 bridgehead atoms. The fourth-order valence-electron chi connectivity index (χ4n) is 2.57. The maximum absolute atomic E-state index is 12.1. The van der Waals surface area contributed by atoms with E-state index in [4.69, 9.17) is 21.1 Å². The van der Waals surface area contributed by atoms with Gasteiger partial charge >= 0.3 is 6.61 Å². The minimum absolute atomic E-state index is 0.152. The molecule has 0 aliphatic carbocycles. The van der Waals surface area contributed by atoms with Crippen LogP contribution in [0.25, 0.3) is 0 Å². The van der Waals surface area contributed by atoms with E-state index in [1.807, 2.05) is 19.2 Å². The minimum atomic E-state index is -2.81. The van der Waals surface area contributed by atoms with E-state index in [1.165, 1.54) is 12.1 Å². The lowest BCUT2D eigenvalue weighted by Gasteiger charge is -2.17. The second-order valence-corrected chi connectivity index (χ2v) is 5.91. The molecule has 0 amide bonds. The SMILES string of the molecule is CN(Cc1ccc(OC(F)F)cc1)Cc1cc(Cl)c2c(c1)OCO2. The number of fused-ring (bicyclic) bond motifs is 1. The number of hydrogen-bond acceptors (Lipinski definition) is 4. The van der Waals surface area contributed by atoms with Crippen molar-refractivity contribution in [3.8, 4) is 17.2 Å². The van der Waals surface area contributed by atoms with Gasteiger partial charge in [0.2, 0.25) is 6.79 Å². The van der Waals surface area contributed by atoms with E-state index in [1.54, 1.807) is 12.1 Å². The first kappa shape index (κ1) is 16.8. The molecule has 0 spiro atoms. The summed E-state index contributed by atoms with van der Waals surface area (Å²) in [6, 6.07) is 10.4. The molecule has 0 radical (unpaired) electrons. The van der Waals surface area contributed by atoms with Crippen molar-refractivity contribution < 1.29 is 23.0 Å². The molecule has 0 fully saturated rings. The van der Waals surface area contributed by atoms with Crippen molar-refractivity contribution in [2.75, 3.05) is 13.8 Å². The number of ether oxygens (including phenoxy) is 3. The lowest BCUT2D eigenvalue weighted by Crippen LogP contribution is -2.17. The van der Waals surface area contributed by atoms with Gasteiger partial charge in [0.25, 0.3) is 0 Å². The van der Waals surface area contributed by atoms with Crippen LogP contribution in [0.3, 0.4) is 0 Å². The third-order valence-electron chi connectivity index (χ3n) is 3.54. The fraction of sp³-hybridized carbons (Fsp3) is 0.294. The molecule has 24 heavy (non-hydrogen) atoms. The molecule has 2 aromatic carbocycles. The molecule has 1 aliphatic heterocycles. The van der Waals surface area contributed by atoms with Crippen LogP contribution >= 0.6 is 11.6 Å². The van der Waals surface area contributed by atoms with Crippen LogP contribution in [-0.2, 0) is 13.1 Å². The summed E-state index contributed by atoms with van der Waals surface area (Å²) in [5, 5.41) is 0.530. The maximum atomic E-state index is 12.1. The Hall–Kier alpha value is -2.05. The Morgan fingerprint density at radius 2 is 1.83 bits per heavy atom. The molecular weight excluding hydrogens is 340 g/mol. The van der Waals surface area contributed by atoms with Gasteiger partial charge in [-0.2, -0.15) is 8.78 Å². The largest absolute Gasteiger partial charge is 0.454 e. The first-order valence-electron chi connectivity index (χ1n) is 7.31. The van der Waals surface area contributed by atoms with Gasteiger partial charge in [-0.3, -0.25) is 4.90 Å². The highest BCUT2D eigenvalue weighted by Gasteiger charge is 2.18. The summed E-state index contributed by atoms with van der Waals surface area (Å²) < 4.78 is 39.3. The van der Waals surface area contributed by atoms with Gasteiger partial charge < -0.3 is 14.2 Å². The van der Waals surface area contributed by atoms with E-state index in [2.05, 4.69) is 9.64 Å². The van der Waals surface area contributed by atoms with E-state index < -0.39 is 6.61 Å². The third-order valence-corrected chi connectivity index (χ3v) is 3.82. The molecule has 0 saturated heterocycles. The minimum Gasteiger partial charge on any atom is -0.454 e. The van der Waals surface area contributed by atoms with Crippen LogP contribution in [0.5, 0.6) is 17.2 Å². The maximum Gasteiger partial charge on any atom is 0.387 e. The molecule has 3 rings (SSSR count). The van der Waals surface area contributed by atoms with Crippen molar-refractivity contribution in [3.63, 3.8) is 0 Å². The average Bonchev–Trinajstić information content (AvgIpc) is 2.97. The van der Waals surface area contributed by atoms with Crippen LogP contribution in [-0.4, -0.2) is 25.4 Å². The van der Waals surface area contributed by atoms with Gasteiger partial charge in [0, 0.05) is 13.1 Å². The van der Waals surface area contributed by atoms with Crippen molar-refractivity contribution in [1.82, 2.24) is 4.90 Å². The quantitative estimate of drug-likeness (QED) is 0.773. The predicted molar refractivity (Wildman–Crippen MR) is 85.8 cm³/mol.